The van der Waals surface area contributed by atoms with E-state index >= 15 is 0 Å². The van der Waals surface area contributed by atoms with Crippen LogP contribution in [0.4, 0.5) is 0 Å². The average Bonchev–Trinajstić information content (AvgIpc) is 2.77. The van der Waals surface area contributed by atoms with Gasteiger partial charge in [0.05, 0.1) is 0 Å². The summed E-state index contributed by atoms with van der Waals surface area (Å²) in [7, 11) is 0. The van der Waals surface area contributed by atoms with Crippen LogP contribution in [-0.2, 0) is 19.2 Å². The van der Waals surface area contributed by atoms with Crippen molar-refractivity contribution < 1.29 is 34.5 Å². The standard InChI is InChI=1S/C24H44N2O7/c27-19-22(29)25-18-14-13-15-20(24(32)33)26-21(28)16-11-9-7-5-3-1-2-4-6-8-10-12-17-23(30)31/h20,27H,1-19H2,(H,25,29)(H,26,28)(H,30,31)(H,32,33). The number of aliphatic hydroxyl groups excluding tert-OH is 1. The lowest BCUT2D eigenvalue weighted by Gasteiger charge is -2.14. The number of aliphatic hydroxyl groups is 1. The van der Waals surface area contributed by atoms with Gasteiger partial charge in [0.25, 0.3) is 0 Å². The SMILES string of the molecule is O=C(O)CCCCCCCCCCCCCCC(=O)NC(CCCCNC(=O)CO)C(=O)O. The molecule has 9 heteroatoms. The molecule has 0 aliphatic carbocycles. The third-order valence-corrected chi connectivity index (χ3v) is 5.56. The summed E-state index contributed by atoms with van der Waals surface area (Å²) in [5.41, 5.74) is 0. The van der Waals surface area contributed by atoms with Gasteiger partial charge < -0.3 is 26.0 Å². The van der Waals surface area contributed by atoms with Crippen molar-refractivity contribution in [3.8, 4) is 0 Å². The second-order valence-corrected chi connectivity index (χ2v) is 8.60. The molecule has 0 rings (SSSR count). The van der Waals surface area contributed by atoms with Gasteiger partial charge in [-0.1, -0.05) is 64.2 Å². The number of rotatable bonds is 23. The highest BCUT2D eigenvalue weighted by Crippen LogP contribution is 2.13. The first-order valence-corrected chi connectivity index (χ1v) is 12.5. The number of amides is 2. The molecule has 9 nitrogen and oxygen atoms in total. The molecule has 0 fully saturated rings. The molecule has 0 saturated carbocycles. The van der Waals surface area contributed by atoms with Gasteiger partial charge in [-0.25, -0.2) is 4.79 Å². The van der Waals surface area contributed by atoms with E-state index in [0.717, 1.165) is 44.9 Å². The first-order chi connectivity index (χ1) is 15.9. The van der Waals surface area contributed by atoms with Crippen LogP contribution in [0.2, 0.25) is 0 Å². The monoisotopic (exact) mass is 472 g/mol. The summed E-state index contributed by atoms with van der Waals surface area (Å²) >= 11 is 0. The molecular formula is C24H44N2O7. The van der Waals surface area contributed by atoms with Gasteiger partial charge in [-0.3, -0.25) is 14.4 Å². The Hall–Kier alpha value is -2.16. The molecular weight excluding hydrogens is 428 g/mol. The van der Waals surface area contributed by atoms with Crippen molar-refractivity contribution in [2.45, 2.75) is 115 Å². The van der Waals surface area contributed by atoms with Crippen molar-refractivity contribution in [2.75, 3.05) is 13.2 Å². The number of carbonyl (C=O) groups excluding carboxylic acids is 2. The van der Waals surface area contributed by atoms with E-state index in [0.29, 0.717) is 32.2 Å². The highest BCUT2D eigenvalue weighted by molar-refractivity contribution is 5.83. The molecule has 1 atom stereocenters. The Labute approximate surface area is 197 Å². The minimum Gasteiger partial charge on any atom is -0.481 e. The number of carbonyl (C=O) groups is 4. The zero-order valence-electron chi connectivity index (χ0n) is 20.0. The maximum atomic E-state index is 12.0. The summed E-state index contributed by atoms with van der Waals surface area (Å²) in [6.07, 6.45) is 14.8. The van der Waals surface area contributed by atoms with E-state index in [4.69, 9.17) is 10.2 Å². The lowest BCUT2D eigenvalue weighted by molar-refractivity contribution is -0.142. The molecule has 5 N–H and O–H groups in total. The quantitative estimate of drug-likeness (QED) is 0.143. The summed E-state index contributed by atoms with van der Waals surface area (Å²) < 4.78 is 0. The Morgan fingerprint density at radius 3 is 1.55 bits per heavy atom. The van der Waals surface area contributed by atoms with Crippen LogP contribution in [0, 0.1) is 0 Å². The molecule has 0 aromatic carbocycles. The Bertz CT molecular complexity index is 555. The van der Waals surface area contributed by atoms with Gasteiger partial charge in [-0.2, -0.15) is 0 Å². The number of aliphatic carboxylic acids is 2. The van der Waals surface area contributed by atoms with Crippen LogP contribution in [-0.4, -0.2) is 58.3 Å². The first kappa shape index (κ1) is 30.8. The number of unbranched alkanes of at least 4 members (excludes halogenated alkanes) is 12. The Morgan fingerprint density at radius 2 is 1.09 bits per heavy atom. The largest absolute Gasteiger partial charge is 0.481 e. The summed E-state index contributed by atoms with van der Waals surface area (Å²) in [6.45, 7) is -0.194. The molecule has 0 radical (unpaired) electrons. The molecule has 0 aliphatic rings. The first-order valence-electron chi connectivity index (χ1n) is 12.5. The number of hydrogen-bond donors (Lipinski definition) is 5. The van der Waals surface area contributed by atoms with Gasteiger partial charge in [-0.15, -0.1) is 0 Å². The van der Waals surface area contributed by atoms with E-state index in [1.807, 2.05) is 0 Å². The van der Waals surface area contributed by atoms with Crippen molar-refractivity contribution in [2.24, 2.45) is 0 Å². The van der Waals surface area contributed by atoms with Crippen molar-refractivity contribution in [1.82, 2.24) is 10.6 Å². The molecule has 0 aromatic rings. The predicted molar refractivity (Wildman–Crippen MR) is 126 cm³/mol. The highest BCUT2D eigenvalue weighted by atomic mass is 16.4. The number of hydrogen-bond acceptors (Lipinski definition) is 5. The molecule has 1 unspecified atom stereocenters. The van der Waals surface area contributed by atoms with Crippen LogP contribution < -0.4 is 10.6 Å². The van der Waals surface area contributed by atoms with Crippen molar-refractivity contribution >= 4 is 23.8 Å². The molecule has 0 heterocycles. The second kappa shape index (κ2) is 21.7. The maximum absolute atomic E-state index is 12.0. The van der Waals surface area contributed by atoms with Gasteiger partial charge in [0.2, 0.25) is 11.8 Å². The fourth-order valence-corrected chi connectivity index (χ4v) is 3.61. The Morgan fingerprint density at radius 1 is 0.606 bits per heavy atom. The van der Waals surface area contributed by atoms with Crippen LogP contribution in [0.5, 0.6) is 0 Å². The van der Waals surface area contributed by atoms with Gasteiger partial charge in [-0.05, 0) is 32.1 Å². The topological polar surface area (TPSA) is 153 Å². The molecule has 0 saturated heterocycles. The van der Waals surface area contributed by atoms with Crippen LogP contribution >= 0.6 is 0 Å². The molecule has 0 spiro atoms. The van der Waals surface area contributed by atoms with Crippen LogP contribution in [0.1, 0.15) is 109 Å². The van der Waals surface area contributed by atoms with E-state index in [2.05, 4.69) is 10.6 Å². The van der Waals surface area contributed by atoms with Gasteiger partial charge in [0, 0.05) is 19.4 Å². The van der Waals surface area contributed by atoms with E-state index in [1.165, 1.54) is 32.1 Å². The number of carboxylic acid groups (broad SMARTS) is 2. The van der Waals surface area contributed by atoms with Gasteiger partial charge in [0.15, 0.2) is 0 Å². The fourth-order valence-electron chi connectivity index (χ4n) is 3.61. The zero-order valence-corrected chi connectivity index (χ0v) is 20.0. The third-order valence-electron chi connectivity index (χ3n) is 5.56. The van der Waals surface area contributed by atoms with E-state index in [-0.39, 0.29) is 12.3 Å². The smallest absolute Gasteiger partial charge is 0.326 e. The third kappa shape index (κ3) is 21.4. The van der Waals surface area contributed by atoms with Crippen molar-refractivity contribution in [3.63, 3.8) is 0 Å². The Kier molecular flexibility index (Phi) is 20.3. The Balaban J connectivity index is 3.58. The molecule has 192 valence electrons. The van der Waals surface area contributed by atoms with Gasteiger partial charge in [0.1, 0.15) is 12.6 Å². The summed E-state index contributed by atoms with van der Waals surface area (Å²) in [5, 5.41) is 31.5. The molecule has 0 aromatic heterocycles. The fraction of sp³-hybridized carbons (Fsp3) is 0.833. The van der Waals surface area contributed by atoms with Gasteiger partial charge >= 0.3 is 11.9 Å². The lowest BCUT2D eigenvalue weighted by atomic mass is 10.0. The van der Waals surface area contributed by atoms with Crippen molar-refractivity contribution in [1.29, 1.82) is 0 Å². The maximum Gasteiger partial charge on any atom is 0.326 e. The molecule has 0 bridgehead atoms. The summed E-state index contributed by atoms with van der Waals surface area (Å²) in [4.78, 5) is 44.7. The van der Waals surface area contributed by atoms with E-state index < -0.39 is 30.5 Å². The normalized spacial score (nSPS) is 11.7. The van der Waals surface area contributed by atoms with E-state index in [9.17, 15) is 24.3 Å². The predicted octanol–water partition coefficient (Wildman–Crippen LogP) is 3.38. The average molecular weight is 473 g/mol. The molecule has 33 heavy (non-hydrogen) atoms. The molecule has 2 amide bonds. The minimum atomic E-state index is -1.05. The van der Waals surface area contributed by atoms with Crippen LogP contribution in [0.3, 0.4) is 0 Å². The van der Waals surface area contributed by atoms with Crippen molar-refractivity contribution in [3.05, 3.63) is 0 Å². The molecule has 0 aliphatic heterocycles. The summed E-state index contributed by atoms with van der Waals surface area (Å²) in [5.74, 6) is -2.46. The zero-order chi connectivity index (χ0) is 24.7. The lowest BCUT2D eigenvalue weighted by Crippen LogP contribution is -2.40. The van der Waals surface area contributed by atoms with Crippen LogP contribution in [0.25, 0.3) is 0 Å². The highest BCUT2D eigenvalue weighted by Gasteiger charge is 2.19. The minimum absolute atomic E-state index is 0.237. The van der Waals surface area contributed by atoms with Crippen LogP contribution in [0.15, 0.2) is 0 Å². The number of nitrogens with one attached hydrogen (secondary N) is 2. The second-order valence-electron chi connectivity index (χ2n) is 8.60. The number of carboxylic acids is 2. The van der Waals surface area contributed by atoms with E-state index in [1.54, 1.807) is 0 Å². The summed E-state index contributed by atoms with van der Waals surface area (Å²) in [6, 6.07) is -0.914.